The van der Waals surface area contributed by atoms with Crippen LogP contribution >= 0.6 is 0 Å². The maximum Gasteiger partial charge on any atom is 0.344 e. The van der Waals surface area contributed by atoms with Crippen LogP contribution in [0.5, 0.6) is 0 Å². The lowest BCUT2D eigenvalue weighted by Gasteiger charge is -2.11. The van der Waals surface area contributed by atoms with Gasteiger partial charge in [-0.15, -0.1) is 0 Å². The van der Waals surface area contributed by atoms with Crippen molar-refractivity contribution in [2.24, 2.45) is 0 Å². The minimum Gasteiger partial charge on any atom is -0.365 e. The van der Waals surface area contributed by atoms with Crippen molar-refractivity contribution in [3.05, 3.63) is 24.8 Å². The molecule has 9 heavy (non-hydrogen) atoms. The molecule has 1 aliphatic rings. The summed E-state index contributed by atoms with van der Waals surface area (Å²) in [6.45, 7) is 0. The zero-order chi connectivity index (χ0) is 6.69. The van der Waals surface area contributed by atoms with E-state index in [1.54, 1.807) is 12.4 Å². The smallest absolute Gasteiger partial charge is 0.344 e. The fourth-order valence-electron chi connectivity index (χ4n) is 0.487. The van der Waals surface area contributed by atoms with Crippen molar-refractivity contribution in [1.82, 2.24) is 16.0 Å². The van der Waals surface area contributed by atoms with Gasteiger partial charge in [0.05, 0.1) is 0 Å². The number of rotatable bonds is 0. The number of nitrogens with zero attached hydrogens (tertiary/aromatic N) is 1. The third kappa shape index (κ3) is 1.22. The Morgan fingerprint density at radius 2 is 2.00 bits per heavy atom. The first-order valence-corrected chi connectivity index (χ1v) is 2.44. The standard InChI is InChI=1S/C5H6N3O/c6-5(9)8-3-1-7-2-4-8/h1-4,6-7H. The first kappa shape index (κ1) is 5.68. The molecule has 0 aromatic carbocycles. The molecule has 0 saturated carbocycles. The largest absolute Gasteiger partial charge is 0.365 e. The van der Waals surface area contributed by atoms with Crippen molar-refractivity contribution in [2.45, 2.75) is 0 Å². The van der Waals surface area contributed by atoms with Gasteiger partial charge < -0.3 is 5.32 Å². The van der Waals surface area contributed by atoms with Crippen LogP contribution in [-0.4, -0.2) is 10.9 Å². The van der Waals surface area contributed by atoms with E-state index >= 15 is 0 Å². The van der Waals surface area contributed by atoms with Gasteiger partial charge in [0, 0.05) is 24.8 Å². The van der Waals surface area contributed by atoms with Crippen molar-refractivity contribution in [1.29, 1.82) is 0 Å². The van der Waals surface area contributed by atoms with Crippen LogP contribution in [0.4, 0.5) is 4.79 Å². The van der Waals surface area contributed by atoms with Crippen LogP contribution in [0.1, 0.15) is 0 Å². The summed E-state index contributed by atoms with van der Waals surface area (Å²) in [5, 5.41) is 2.73. The molecule has 0 fully saturated rings. The van der Waals surface area contributed by atoms with Crippen LogP contribution in [0.25, 0.3) is 0 Å². The summed E-state index contributed by atoms with van der Waals surface area (Å²) >= 11 is 0. The van der Waals surface area contributed by atoms with Crippen LogP contribution in [0.3, 0.4) is 0 Å². The van der Waals surface area contributed by atoms with Gasteiger partial charge in [0.15, 0.2) is 0 Å². The summed E-state index contributed by atoms with van der Waals surface area (Å²) in [6.07, 6.45) is 6.11. The van der Waals surface area contributed by atoms with Gasteiger partial charge in [-0.1, -0.05) is 0 Å². The molecule has 0 unspecified atom stereocenters. The van der Waals surface area contributed by atoms with Crippen molar-refractivity contribution in [2.75, 3.05) is 0 Å². The highest BCUT2D eigenvalue weighted by molar-refractivity contribution is 5.73. The van der Waals surface area contributed by atoms with Gasteiger partial charge in [0.1, 0.15) is 0 Å². The van der Waals surface area contributed by atoms with Gasteiger partial charge in [0.25, 0.3) is 0 Å². The monoisotopic (exact) mass is 124 g/mol. The Bertz CT molecular complexity index is 161. The zero-order valence-corrected chi connectivity index (χ0v) is 4.66. The molecular weight excluding hydrogens is 118 g/mol. The lowest BCUT2D eigenvalue weighted by molar-refractivity contribution is 0.233. The maximum atomic E-state index is 10.3. The summed E-state index contributed by atoms with van der Waals surface area (Å²) in [5.41, 5.74) is 6.63. The molecule has 0 aromatic heterocycles. The topological polar surface area (TPSA) is 56.1 Å². The number of hydrogen-bond acceptors (Lipinski definition) is 2. The van der Waals surface area contributed by atoms with Gasteiger partial charge in [-0.3, -0.25) is 4.90 Å². The van der Waals surface area contributed by atoms with Crippen molar-refractivity contribution >= 4 is 6.03 Å². The Morgan fingerprint density at radius 3 is 2.33 bits per heavy atom. The number of urea groups is 1. The summed E-state index contributed by atoms with van der Waals surface area (Å²) < 4.78 is 0. The van der Waals surface area contributed by atoms with Crippen molar-refractivity contribution < 1.29 is 4.79 Å². The molecule has 1 aliphatic heterocycles. The second kappa shape index (κ2) is 2.21. The summed E-state index contributed by atoms with van der Waals surface area (Å²) in [6, 6.07) is -0.732. The average Bonchev–Trinajstić information content (AvgIpc) is 1.90. The van der Waals surface area contributed by atoms with E-state index in [4.69, 9.17) is 5.73 Å². The van der Waals surface area contributed by atoms with Crippen LogP contribution in [0, 0.1) is 0 Å². The predicted molar refractivity (Wildman–Crippen MR) is 31.7 cm³/mol. The molecule has 47 valence electrons. The molecular formula is C5H6N3O. The Hall–Kier alpha value is -1.45. The average molecular weight is 124 g/mol. The molecule has 2 amide bonds. The Labute approximate surface area is 52.6 Å². The molecule has 0 bridgehead atoms. The van der Waals surface area contributed by atoms with Crippen molar-refractivity contribution in [3.8, 4) is 0 Å². The first-order valence-electron chi connectivity index (χ1n) is 2.44. The van der Waals surface area contributed by atoms with E-state index in [-0.39, 0.29) is 0 Å². The predicted octanol–water partition coefficient (Wildman–Crippen LogP) is 0.237. The molecule has 2 N–H and O–H groups in total. The fraction of sp³-hybridized carbons (Fsp3) is 0. The molecule has 0 aromatic rings. The molecule has 4 heteroatoms. The number of nitrogens with one attached hydrogen (secondary N) is 2. The third-order valence-corrected chi connectivity index (χ3v) is 0.897. The normalized spacial score (nSPS) is 15.3. The summed E-state index contributed by atoms with van der Waals surface area (Å²) in [7, 11) is 0. The second-order valence-electron chi connectivity index (χ2n) is 1.51. The fourth-order valence-corrected chi connectivity index (χ4v) is 0.487. The number of carbonyl (C=O) groups is 1. The van der Waals surface area contributed by atoms with E-state index in [9.17, 15) is 4.79 Å². The molecule has 1 rings (SSSR count). The van der Waals surface area contributed by atoms with Gasteiger partial charge in [0.2, 0.25) is 0 Å². The molecule has 0 saturated heterocycles. The van der Waals surface area contributed by atoms with E-state index in [2.05, 4.69) is 5.32 Å². The number of amides is 2. The van der Waals surface area contributed by atoms with Crippen LogP contribution in [0.2, 0.25) is 0 Å². The Balaban J connectivity index is 2.60. The van der Waals surface area contributed by atoms with E-state index in [1.807, 2.05) is 0 Å². The Kier molecular flexibility index (Phi) is 1.40. The highest BCUT2D eigenvalue weighted by Gasteiger charge is 2.02. The highest BCUT2D eigenvalue weighted by atomic mass is 16.2. The lowest BCUT2D eigenvalue weighted by Crippen LogP contribution is -2.22. The molecule has 0 atom stereocenters. The van der Waals surface area contributed by atoms with Gasteiger partial charge in [-0.05, 0) is 0 Å². The lowest BCUT2D eigenvalue weighted by atomic mass is 10.6. The first-order chi connectivity index (χ1) is 4.30. The zero-order valence-electron chi connectivity index (χ0n) is 4.66. The van der Waals surface area contributed by atoms with E-state index in [1.165, 1.54) is 12.4 Å². The second-order valence-corrected chi connectivity index (χ2v) is 1.51. The summed E-state index contributed by atoms with van der Waals surface area (Å²) in [5.74, 6) is 0. The van der Waals surface area contributed by atoms with E-state index in [0.717, 1.165) is 4.90 Å². The molecule has 1 radical (unpaired) electrons. The SMILES string of the molecule is [NH]C(=O)N1C=CNC=C1. The molecule has 0 aliphatic carbocycles. The summed E-state index contributed by atoms with van der Waals surface area (Å²) in [4.78, 5) is 11.4. The third-order valence-electron chi connectivity index (χ3n) is 0.897. The highest BCUT2D eigenvalue weighted by Crippen LogP contribution is 1.93. The molecule has 1 heterocycles. The minimum atomic E-state index is -0.732. The maximum absolute atomic E-state index is 10.3. The van der Waals surface area contributed by atoms with Crippen LogP contribution in [-0.2, 0) is 0 Å². The van der Waals surface area contributed by atoms with E-state index < -0.39 is 6.03 Å². The van der Waals surface area contributed by atoms with Gasteiger partial charge in [-0.25, -0.2) is 10.5 Å². The minimum absolute atomic E-state index is 0.732. The number of carbonyl (C=O) groups excluding carboxylic acids is 1. The molecule has 4 nitrogen and oxygen atoms in total. The van der Waals surface area contributed by atoms with Gasteiger partial charge in [-0.2, -0.15) is 0 Å². The van der Waals surface area contributed by atoms with Crippen molar-refractivity contribution in [3.63, 3.8) is 0 Å². The van der Waals surface area contributed by atoms with Crippen LogP contribution in [0.15, 0.2) is 24.8 Å². The Morgan fingerprint density at radius 1 is 1.44 bits per heavy atom. The van der Waals surface area contributed by atoms with Gasteiger partial charge >= 0.3 is 6.03 Å². The number of hydrogen-bond donors (Lipinski definition) is 1. The van der Waals surface area contributed by atoms with Crippen LogP contribution < -0.4 is 11.1 Å². The quantitative estimate of drug-likeness (QED) is 0.502. The molecule has 0 spiro atoms. The van der Waals surface area contributed by atoms with E-state index in [0.29, 0.717) is 0 Å².